The number of nitrogens with one attached hydrogen (secondary N) is 1. The van der Waals surface area contributed by atoms with E-state index in [2.05, 4.69) is 5.32 Å². The summed E-state index contributed by atoms with van der Waals surface area (Å²) < 4.78 is 27.8. The highest BCUT2D eigenvalue weighted by atomic mass is 19.1. The molecular weight excluding hydrogens is 338 g/mol. The highest BCUT2D eigenvalue weighted by molar-refractivity contribution is 5.96. The van der Waals surface area contributed by atoms with Crippen molar-refractivity contribution in [2.75, 3.05) is 13.1 Å². The van der Waals surface area contributed by atoms with Gasteiger partial charge in [0.25, 0.3) is 5.91 Å². The van der Waals surface area contributed by atoms with Gasteiger partial charge < -0.3 is 10.2 Å². The summed E-state index contributed by atoms with van der Waals surface area (Å²) in [5, 5.41) is 2.94. The first-order chi connectivity index (χ1) is 12.4. The average Bonchev–Trinajstić information content (AvgIpc) is 2.99. The predicted octanol–water partition coefficient (Wildman–Crippen LogP) is 3.04. The van der Waals surface area contributed by atoms with Gasteiger partial charge in [-0.2, -0.15) is 0 Å². The number of likely N-dealkylation sites (tertiary alicyclic amines) is 1. The van der Waals surface area contributed by atoms with Crippen molar-refractivity contribution < 1.29 is 18.4 Å². The van der Waals surface area contributed by atoms with Gasteiger partial charge in [0.2, 0.25) is 5.91 Å². The maximum absolute atomic E-state index is 14.1. The molecule has 0 atom stereocenters. The van der Waals surface area contributed by atoms with Crippen LogP contribution in [0.2, 0.25) is 0 Å². The maximum Gasteiger partial charge on any atom is 0.254 e. The molecule has 2 saturated heterocycles. The second kappa shape index (κ2) is 5.90. The molecule has 6 heteroatoms. The van der Waals surface area contributed by atoms with Crippen LogP contribution in [0.5, 0.6) is 0 Å². The molecule has 134 valence electrons. The van der Waals surface area contributed by atoms with Crippen LogP contribution in [0.25, 0.3) is 11.1 Å². The third-order valence-corrected chi connectivity index (χ3v) is 5.28. The summed E-state index contributed by atoms with van der Waals surface area (Å²) >= 11 is 0. The number of halogens is 2. The SMILES string of the molecule is Cc1c(F)ccc(F)c1-c1ccc(C(=O)N2CC3(CCC(=O)N3)C2)cc1. The molecular formula is C20H18F2N2O2. The van der Waals surface area contributed by atoms with Gasteiger partial charge in [-0.3, -0.25) is 9.59 Å². The van der Waals surface area contributed by atoms with Gasteiger partial charge in [0.05, 0.1) is 5.54 Å². The lowest BCUT2D eigenvalue weighted by molar-refractivity contribution is -0.120. The van der Waals surface area contributed by atoms with Crippen molar-refractivity contribution in [1.82, 2.24) is 10.2 Å². The van der Waals surface area contributed by atoms with Gasteiger partial charge in [-0.25, -0.2) is 8.78 Å². The van der Waals surface area contributed by atoms with E-state index in [1.54, 1.807) is 29.2 Å². The molecule has 0 aromatic heterocycles. The Morgan fingerprint density at radius 3 is 2.35 bits per heavy atom. The fraction of sp³-hybridized carbons (Fsp3) is 0.300. The van der Waals surface area contributed by atoms with Crippen molar-refractivity contribution in [3.8, 4) is 11.1 Å². The first kappa shape index (κ1) is 16.7. The number of carbonyl (C=O) groups excluding carboxylic acids is 2. The topological polar surface area (TPSA) is 49.4 Å². The summed E-state index contributed by atoms with van der Waals surface area (Å²) in [5.74, 6) is -1.05. The first-order valence-electron chi connectivity index (χ1n) is 8.54. The molecule has 1 N–H and O–H groups in total. The Kier molecular flexibility index (Phi) is 3.79. The molecule has 2 aromatic rings. The summed E-state index contributed by atoms with van der Waals surface area (Å²) in [6, 6.07) is 8.72. The Labute approximate surface area is 149 Å². The van der Waals surface area contributed by atoms with Crippen LogP contribution in [0.4, 0.5) is 8.78 Å². The summed E-state index contributed by atoms with van der Waals surface area (Å²) in [6.07, 6.45) is 1.27. The van der Waals surface area contributed by atoms with Crippen molar-refractivity contribution >= 4 is 11.8 Å². The standard InChI is InChI=1S/C20H18F2N2O2/c1-12-15(21)6-7-16(22)18(12)13-2-4-14(5-3-13)19(26)24-10-20(11-24)9-8-17(25)23-20/h2-7H,8-11H2,1H3,(H,23,25). The minimum absolute atomic E-state index is 0.0361. The van der Waals surface area contributed by atoms with E-state index in [-0.39, 0.29) is 28.5 Å². The zero-order chi connectivity index (χ0) is 18.5. The van der Waals surface area contributed by atoms with E-state index in [9.17, 15) is 18.4 Å². The van der Waals surface area contributed by atoms with E-state index in [1.165, 1.54) is 6.92 Å². The van der Waals surface area contributed by atoms with Crippen LogP contribution in [0.1, 0.15) is 28.8 Å². The number of benzene rings is 2. The van der Waals surface area contributed by atoms with E-state index < -0.39 is 11.6 Å². The van der Waals surface area contributed by atoms with E-state index in [1.807, 2.05) is 0 Å². The van der Waals surface area contributed by atoms with Gasteiger partial charge in [0.15, 0.2) is 0 Å². The molecule has 0 bridgehead atoms. The van der Waals surface area contributed by atoms with Crippen LogP contribution in [0.15, 0.2) is 36.4 Å². The second-order valence-electron chi connectivity index (χ2n) is 7.10. The molecule has 2 fully saturated rings. The number of hydrogen-bond donors (Lipinski definition) is 1. The van der Waals surface area contributed by atoms with Gasteiger partial charge in [-0.1, -0.05) is 12.1 Å². The Morgan fingerprint density at radius 2 is 1.73 bits per heavy atom. The van der Waals surface area contributed by atoms with Crippen LogP contribution in [-0.2, 0) is 4.79 Å². The zero-order valence-corrected chi connectivity index (χ0v) is 14.3. The smallest absolute Gasteiger partial charge is 0.254 e. The summed E-state index contributed by atoms with van der Waals surface area (Å²) in [5.41, 5.74) is 1.21. The summed E-state index contributed by atoms with van der Waals surface area (Å²) in [4.78, 5) is 25.6. The lowest BCUT2D eigenvalue weighted by atomic mass is 9.87. The highest BCUT2D eigenvalue weighted by Crippen LogP contribution is 2.32. The molecule has 2 amide bonds. The Hall–Kier alpha value is -2.76. The van der Waals surface area contributed by atoms with E-state index in [4.69, 9.17) is 0 Å². The van der Waals surface area contributed by atoms with E-state index in [0.29, 0.717) is 30.6 Å². The first-order valence-corrected chi connectivity index (χ1v) is 8.54. The molecule has 2 aromatic carbocycles. The molecule has 4 nitrogen and oxygen atoms in total. The summed E-state index contributed by atoms with van der Waals surface area (Å²) in [7, 11) is 0. The molecule has 2 heterocycles. The van der Waals surface area contributed by atoms with Crippen LogP contribution in [-0.4, -0.2) is 35.3 Å². The van der Waals surface area contributed by atoms with Gasteiger partial charge in [0.1, 0.15) is 11.6 Å². The predicted molar refractivity (Wildman–Crippen MR) is 92.5 cm³/mol. The van der Waals surface area contributed by atoms with E-state index >= 15 is 0 Å². The van der Waals surface area contributed by atoms with Crippen molar-refractivity contribution in [3.63, 3.8) is 0 Å². The zero-order valence-electron chi connectivity index (χ0n) is 14.3. The highest BCUT2D eigenvalue weighted by Gasteiger charge is 2.49. The van der Waals surface area contributed by atoms with Crippen LogP contribution < -0.4 is 5.32 Å². The second-order valence-corrected chi connectivity index (χ2v) is 7.10. The normalized spacial score (nSPS) is 18.0. The fourth-order valence-corrected chi connectivity index (χ4v) is 3.81. The number of nitrogens with zero attached hydrogens (tertiary/aromatic N) is 1. The third kappa shape index (κ3) is 2.66. The fourth-order valence-electron chi connectivity index (χ4n) is 3.81. The molecule has 26 heavy (non-hydrogen) atoms. The number of rotatable bonds is 2. The molecule has 0 saturated carbocycles. The van der Waals surface area contributed by atoms with Crippen LogP contribution >= 0.6 is 0 Å². The monoisotopic (exact) mass is 356 g/mol. The molecule has 4 rings (SSSR count). The Balaban J connectivity index is 1.51. The molecule has 2 aliphatic rings. The van der Waals surface area contributed by atoms with Crippen molar-refractivity contribution in [1.29, 1.82) is 0 Å². The molecule has 1 spiro atoms. The van der Waals surface area contributed by atoms with Crippen LogP contribution in [0.3, 0.4) is 0 Å². The largest absolute Gasteiger partial charge is 0.347 e. The number of hydrogen-bond acceptors (Lipinski definition) is 2. The van der Waals surface area contributed by atoms with Crippen LogP contribution in [0, 0.1) is 18.6 Å². The van der Waals surface area contributed by atoms with Gasteiger partial charge in [-0.05, 0) is 48.7 Å². The lowest BCUT2D eigenvalue weighted by Crippen LogP contribution is -2.68. The molecule has 2 aliphatic heterocycles. The number of carbonyl (C=O) groups is 2. The van der Waals surface area contributed by atoms with Crippen molar-refractivity contribution in [3.05, 3.63) is 59.2 Å². The Morgan fingerprint density at radius 1 is 1.08 bits per heavy atom. The van der Waals surface area contributed by atoms with Gasteiger partial charge in [-0.15, -0.1) is 0 Å². The van der Waals surface area contributed by atoms with Crippen molar-refractivity contribution in [2.24, 2.45) is 0 Å². The molecule has 0 aliphatic carbocycles. The van der Waals surface area contributed by atoms with Crippen molar-refractivity contribution in [2.45, 2.75) is 25.3 Å². The molecule has 0 radical (unpaired) electrons. The average molecular weight is 356 g/mol. The lowest BCUT2D eigenvalue weighted by Gasteiger charge is -2.47. The van der Waals surface area contributed by atoms with Gasteiger partial charge >= 0.3 is 0 Å². The molecule has 0 unspecified atom stereocenters. The number of amides is 2. The minimum atomic E-state index is -0.496. The third-order valence-electron chi connectivity index (χ3n) is 5.28. The summed E-state index contributed by atoms with van der Waals surface area (Å²) in [6.45, 7) is 2.55. The van der Waals surface area contributed by atoms with Gasteiger partial charge in [0, 0.05) is 30.6 Å². The Bertz CT molecular complexity index is 903. The quantitative estimate of drug-likeness (QED) is 0.899. The minimum Gasteiger partial charge on any atom is -0.347 e. The maximum atomic E-state index is 14.1. The van der Waals surface area contributed by atoms with E-state index in [0.717, 1.165) is 18.6 Å².